The molecular formula is C20H27N5S. The molecule has 0 amide bonds. The van der Waals surface area contributed by atoms with Crippen LogP contribution in [-0.2, 0) is 12.8 Å². The Morgan fingerprint density at radius 3 is 2.81 bits per heavy atom. The molecule has 2 aromatic heterocycles. The number of aryl methyl sites for hydroxylation is 2. The summed E-state index contributed by atoms with van der Waals surface area (Å²) in [4.78, 5) is 13.9. The lowest BCUT2D eigenvalue weighted by Crippen LogP contribution is -2.38. The fourth-order valence-corrected chi connectivity index (χ4v) is 4.00. The van der Waals surface area contributed by atoms with Crippen molar-refractivity contribution in [3.05, 3.63) is 51.6 Å². The second-order valence-corrected chi connectivity index (χ2v) is 7.58. The Labute approximate surface area is 159 Å². The van der Waals surface area contributed by atoms with Crippen molar-refractivity contribution in [1.29, 1.82) is 0 Å². The zero-order valence-corrected chi connectivity index (χ0v) is 16.5. The highest BCUT2D eigenvalue weighted by molar-refractivity contribution is 7.11. The van der Waals surface area contributed by atoms with Crippen molar-refractivity contribution in [2.24, 2.45) is 4.99 Å². The number of benzene rings is 1. The molecule has 138 valence electrons. The van der Waals surface area contributed by atoms with Gasteiger partial charge in [0.1, 0.15) is 0 Å². The highest BCUT2D eigenvalue weighted by Gasteiger charge is 2.05. The van der Waals surface area contributed by atoms with Gasteiger partial charge in [0.25, 0.3) is 0 Å². The zero-order valence-electron chi connectivity index (χ0n) is 15.7. The SMILES string of the molecule is CCNC(=NCCc1sc(C)nc1C)NCCc1c[nH]c2ccccc12. The molecule has 3 aromatic rings. The maximum atomic E-state index is 4.71. The minimum absolute atomic E-state index is 0.769. The molecule has 0 bridgehead atoms. The molecule has 0 spiro atoms. The minimum atomic E-state index is 0.769. The summed E-state index contributed by atoms with van der Waals surface area (Å²) in [5.41, 5.74) is 3.66. The van der Waals surface area contributed by atoms with Crippen molar-refractivity contribution in [3.63, 3.8) is 0 Å². The summed E-state index contributed by atoms with van der Waals surface area (Å²) in [5.74, 6) is 0.881. The maximum Gasteiger partial charge on any atom is 0.191 e. The van der Waals surface area contributed by atoms with Gasteiger partial charge in [0.15, 0.2) is 5.96 Å². The third-order valence-corrected chi connectivity index (χ3v) is 5.45. The number of hydrogen-bond donors (Lipinski definition) is 3. The van der Waals surface area contributed by atoms with Crippen LogP contribution in [0.3, 0.4) is 0 Å². The molecule has 0 unspecified atom stereocenters. The van der Waals surface area contributed by atoms with Gasteiger partial charge in [-0.25, -0.2) is 4.98 Å². The molecule has 26 heavy (non-hydrogen) atoms. The van der Waals surface area contributed by atoms with Crippen molar-refractivity contribution < 1.29 is 0 Å². The smallest absolute Gasteiger partial charge is 0.191 e. The summed E-state index contributed by atoms with van der Waals surface area (Å²) in [6.45, 7) is 8.70. The van der Waals surface area contributed by atoms with Crippen molar-refractivity contribution in [2.75, 3.05) is 19.6 Å². The number of aromatic nitrogens is 2. The quantitative estimate of drug-likeness (QED) is 0.440. The van der Waals surface area contributed by atoms with E-state index in [4.69, 9.17) is 4.99 Å². The molecule has 2 heterocycles. The first-order chi connectivity index (χ1) is 12.7. The van der Waals surface area contributed by atoms with Gasteiger partial charge >= 0.3 is 0 Å². The van der Waals surface area contributed by atoms with E-state index in [0.29, 0.717) is 0 Å². The molecule has 0 radical (unpaired) electrons. The Kier molecular flexibility index (Phi) is 6.28. The summed E-state index contributed by atoms with van der Waals surface area (Å²) >= 11 is 1.77. The largest absolute Gasteiger partial charge is 0.361 e. The highest BCUT2D eigenvalue weighted by atomic mass is 32.1. The van der Waals surface area contributed by atoms with Crippen LogP contribution in [-0.4, -0.2) is 35.6 Å². The minimum Gasteiger partial charge on any atom is -0.361 e. The number of H-pyrrole nitrogens is 1. The number of para-hydroxylation sites is 1. The van der Waals surface area contributed by atoms with E-state index in [9.17, 15) is 0 Å². The third-order valence-electron chi connectivity index (χ3n) is 4.31. The molecule has 1 aromatic carbocycles. The van der Waals surface area contributed by atoms with Gasteiger partial charge in [-0.2, -0.15) is 0 Å². The average molecular weight is 370 g/mol. The van der Waals surface area contributed by atoms with Gasteiger partial charge in [-0.15, -0.1) is 11.3 Å². The maximum absolute atomic E-state index is 4.71. The fraction of sp³-hybridized carbons (Fsp3) is 0.400. The Morgan fingerprint density at radius 2 is 2.04 bits per heavy atom. The molecule has 3 N–H and O–H groups in total. The predicted octanol–water partition coefficient (Wildman–Crippen LogP) is 3.58. The van der Waals surface area contributed by atoms with Crippen molar-refractivity contribution >= 4 is 28.2 Å². The summed E-state index contributed by atoms with van der Waals surface area (Å²) < 4.78 is 0. The van der Waals surface area contributed by atoms with E-state index in [-0.39, 0.29) is 0 Å². The molecule has 0 aliphatic heterocycles. The molecule has 0 saturated heterocycles. The Hall–Kier alpha value is -2.34. The standard InChI is InChI=1S/C20H27N5S/c1-4-21-20(23-12-10-19-14(2)25-15(3)26-19)22-11-9-16-13-24-18-8-6-5-7-17(16)18/h5-8,13,24H,4,9-12H2,1-3H3,(H2,21,22,23). The van der Waals surface area contributed by atoms with Crippen molar-refractivity contribution in [1.82, 2.24) is 20.6 Å². The number of aliphatic imine (C=N–C) groups is 1. The fourth-order valence-electron chi connectivity index (χ4n) is 3.07. The summed E-state index contributed by atoms with van der Waals surface area (Å²) in [6, 6.07) is 8.42. The summed E-state index contributed by atoms with van der Waals surface area (Å²) in [7, 11) is 0. The van der Waals surface area contributed by atoms with E-state index in [1.807, 2.05) is 0 Å². The Bertz CT molecular complexity index is 877. The lowest BCUT2D eigenvalue weighted by atomic mass is 10.1. The number of fused-ring (bicyclic) bond motifs is 1. The third kappa shape index (κ3) is 4.64. The van der Waals surface area contributed by atoms with Crippen molar-refractivity contribution in [3.8, 4) is 0 Å². The van der Waals surface area contributed by atoms with E-state index in [1.54, 1.807) is 11.3 Å². The van der Waals surface area contributed by atoms with Crippen LogP contribution in [0, 0.1) is 13.8 Å². The van der Waals surface area contributed by atoms with Crippen LogP contribution >= 0.6 is 11.3 Å². The van der Waals surface area contributed by atoms with Crippen LogP contribution in [0.4, 0.5) is 0 Å². The summed E-state index contributed by atoms with van der Waals surface area (Å²) in [6.07, 6.45) is 4.00. The number of nitrogens with zero attached hydrogens (tertiary/aromatic N) is 2. The molecule has 0 atom stereocenters. The Morgan fingerprint density at radius 1 is 1.19 bits per heavy atom. The van der Waals surface area contributed by atoms with E-state index in [2.05, 4.69) is 71.8 Å². The zero-order chi connectivity index (χ0) is 18.4. The topological polar surface area (TPSA) is 65.1 Å². The van der Waals surface area contributed by atoms with Gasteiger partial charge < -0.3 is 15.6 Å². The monoisotopic (exact) mass is 369 g/mol. The molecule has 0 aliphatic carbocycles. The van der Waals surface area contributed by atoms with E-state index < -0.39 is 0 Å². The molecule has 0 saturated carbocycles. The van der Waals surface area contributed by atoms with Crippen LogP contribution < -0.4 is 10.6 Å². The predicted molar refractivity (Wildman–Crippen MR) is 111 cm³/mol. The summed E-state index contributed by atoms with van der Waals surface area (Å²) in [5, 5.41) is 9.20. The molecule has 0 aliphatic rings. The molecule has 0 fully saturated rings. The van der Waals surface area contributed by atoms with Gasteiger partial charge in [-0.3, -0.25) is 4.99 Å². The van der Waals surface area contributed by atoms with Gasteiger partial charge in [-0.1, -0.05) is 18.2 Å². The van der Waals surface area contributed by atoms with Gasteiger partial charge in [0.05, 0.1) is 10.7 Å². The first-order valence-corrected chi connectivity index (χ1v) is 9.99. The molecule has 3 rings (SSSR count). The number of rotatable bonds is 7. The molecular weight excluding hydrogens is 342 g/mol. The van der Waals surface area contributed by atoms with Gasteiger partial charge in [-0.05, 0) is 38.8 Å². The van der Waals surface area contributed by atoms with Crippen LogP contribution in [0.2, 0.25) is 0 Å². The second-order valence-electron chi connectivity index (χ2n) is 6.29. The number of guanidine groups is 1. The lowest BCUT2D eigenvalue weighted by Gasteiger charge is -2.11. The van der Waals surface area contributed by atoms with E-state index in [0.717, 1.165) is 49.1 Å². The Balaban J connectivity index is 1.53. The van der Waals surface area contributed by atoms with Crippen LogP contribution in [0.5, 0.6) is 0 Å². The normalized spacial score (nSPS) is 11.9. The molecule has 5 nitrogen and oxygen atoms in total. The first kappa shape index (κ1) is 18.5. The number of hydrogen-bond acceptors (Lipinski definition) is 3. The van der Waals surface area contributed by atoms with Gasteiger partial charge in [0, 0.05) is 48.0 Å². The molecule has 6 heteroatoms. The van der Waals surface area contributed by atoms with Crippen LogP contribution in [0.1, 0.15) is 28.1 Å². The lowest BCUT2D eigenvalue weighted by molar-refractivity contribution is 0.799. The average Bonchev–Trinajstić information content (AvgIpc) is 3.18. The van der Waals surface area contributed by atoms with Crippen LogP contribution in [0.15, 0.2) is 35.5 Å². The van der Waals surface area contributed by atoms with Crippen LogP contribution in [0.25, 0.3) is 10.9 Å². The highest BCUT2D eigenvalue weighted by Crippen LogP contribution is 2.18. The number of nitrogens with one attached hydrogen (secondary N) is 3. The number of aromatic amines is 1. The van der Waals surface area contributed by atoms with E-state index in [1.165, 1.54) is 21.3 Å². The first-order valence-electron chi connectivity index (χ1n) is 9.17. The van der Waals surface area contributed by atoms with Crippen molar-refractivity contribution in [2.45, 2.75) is 33.6 Å². The second kappa shape index (κ2) is 8.85. The van der Waals surface area contributed by atoms with Gasteiger partial charge in [0.2, 0.25) is 0 Å². The van der Waals surface area contributed by atoms with E-state index >= 15 is 0 Å². The number of thiazole rings is 1.